The molecule has 3 nitrogen and oxygen atoms in total. The van der Waals surface area contributed by atoms with E-state index in [4.69, 9.17) is 24.9 Å². The average Bonchev–Trinajstić information content (AvgIpc) is 2.09. The Kier molecular flexibility index (Phi) is 7.91. The van der Waals surface area contributed by atoms with Crippen LogP contribution in [-0.4, -0.2) is 45.4 Å². The zero-order valence-corrected chi connectivity index (χ0v) is 17.7. The van der Waals surface area contributed by atoms with Crippen LogP contribution < -0.4 is 0 Å². The fraction of sp³-hybridized carbons (Fsp3) is 1.00. The molecule has 0 atom stereocenters. The van der Waals surface area contributed by atoms with Gasteiger partial charge in [-0.2, -0.15) is 0 Å². The van der Waals surface area contributed by atoms with Gasteiger partial charge >= 0.3 is 0 Å². The molecule has 0 bridgehead atoms. The summed E-state index contributed by atoms with van der Waals surface area (Å²) in [5.41, 5.74) is 0. The van der Waals surface area contributed by atoms with Gasteiger partial charge < -0.3 is 13.3 Å². The Morgan fingerprint density at radius 3 is 1.72 bits per heavy atom. The Balaban J connectivity index is 5.01. The van der Waals surface area contributed by atoms with E-state index in [1.54, 1.807) is 0 Å². The Bertz CT molecular complexity index is 223. The molecule has 0 fully saturated rings. The topological polar surface area (TPSA) is 27.7 Å². The van der Waals surface area contributed by atoms with Gasteiger partial charge in [-0.05, 0) is 45.7 Å². The lowest BCUT2D eigenvalue weighted by molar-refractivity contribution is -0.155. The summed E-state index contributed by atoms with van der Waals surface area (Å²) in [5.74, 6) is 0.0542. The summed E-state index contributed by atoms with van der Waals surface area (Å²) < 4.78 is 18.2. The summed E-state index contributed by atoms with van der Waals surface area (Å²) in [6.45, 7) is 13.6. The molecule has 7 heteroatoms. The van der Waals surface area contributed by atoms with E-state index in [0.29, 0.717) is 23.0 Å². The molecular weight excluding hydrogens is 300 g/mol. The Labute approximate surface area is 122 Å². The van der Waals surface area contributed by atoms with E-state index < -0.39 is 22.4 Å². The van der Waals surface area contributed by atoms with Crippen LogP contribution in [0.3, 0.4) is 0 Å². The fourth-order valence-electron chi connectivity index (χ4n) is 1.93. The minimum absolute atomic E-state index is 0.532. The summed E-state index contributed by atoms with van der Waals surface area (Å²) in [7, 11) is -2.68. The molecule has 0 unspecified atom stereocenters. The lowest BCUT2D eigenvalue weighted by atomic mass is 10.2. The maximum atomic E-state index is 6.33. The molecular formula is C11H29ClO3Si3. The second kappa shape index (κ2) is 7.56. The molecule has 0 amide bonds. The predicted molar refractivity (Wildman–Crippen MR) is 87.4 cm³/mol. The smallest absolute Gasteiger partial charge is 0.187 e. The molecule has 0 aromatic carbocycles. The quantitative estimate of drug-likeness (QED) is 0.370. The van der Waals surface area contributed by atoms with Crippen molar-refractivity contribution in [3.8, 4) is 0 Å². The second-order valence-corrected chi connectivity index (χ2v) is 16.4. The molecule has 0 aliphatic carbocycles. The van der Waals surface area contributed by atoms with Crippen molar-refractivity contribution in [2.75, 3.05) is 12.5 Å². The zero-order valence-electron chi connectivity index (χ0n) is 12.9. The lowest BCUT2D eigenvalue weighted by Gasteiger charge is -2.42. The van der Waals surface area contributed by atoms with Crippen molar-refractivity contribution < 1.29 is 13.3 Å². The second-order valence-electron chi connectivity index (χ2n) is 6.57. The van der Waals surface area contributed by atoms with Crippen molar-refractivity contribution in [2.24, 2.45) is 0 Å². The van der Waals surface area contributed by atoms with E-state index >= 15 is 0 Å². The minimum Gasteiger partial charge on any atom is -0.423 e. The SMILES string of the molecule is C[Si](C)(C)OC(CCCCl)(CO[SiH3])O[Si](C)(C)C. The van der Waals surface area contributed by atoms with Crippen molar-refractivity contribution in [3.05, 3.63) is 0 Å². The van der Waals surface area contributed by atoms with Crippen molar-refractivity contribution in [2.45, 2.75) is 57.9 Å². The highest BCUT2D eigenvalue weighted by Crippen LogP contribution is 2.29. The van der Waals surface area contributed by atoms with Gasteiger partial charge in [0.15, 0.2) is 22.4 Å². The number of hydrogen-bond donors (Lipinski definition) is 0. The molecule has 110 valence electrons. The Hall–Kier alpha value is 0.821. The molecule has 0 radical (unpaired) electrons. The van der Waals surface area contributed by atoms with Crippen molar-refractivity contribution in [3.63, 3.8) is 0 Å². The van der Waals surface area contributed by atoms with E-state index in [1.807, 2.05) is 0 Å². The first-order valence-corrected chi connectivity index (χ1v) is 14.7. The molecule has 0 aromatic rings. The molecule has 0 spiro atoms. The van der Waals surface area contributed by atoms with Crippen LogP contribution in [-0.2, 0) is 13.3 Å². The molecule has 0 rings (SSSR count). The summed E-state index contributed by atoms with van der Waals surface area (Å²) in [5, 5.41) is 0. The standard InChI is InChI=1S/C11H29ClO3Si3/c1-17(2,3)14-11(10-13-16,8-7-9-12)15-18(4,5)6/h7-10H2,1-6,16H3. The first kappa shape index (κ1) is 18.8. The fourth-order valence-corrected chi connectivity index (χ4v) is 5.22. The van der Waals surface area contributed by atoms with Crippen LogP contribution >= 0.6 is 11.6 Å². The first-order chi connectivity index (χ1) is 8.04. The molecule has 0 saturated carbocycles. The highest BCUT2D eigenvalue weighted by molar-refractivity contribution is 6.71. The molecule has 0 heterocycles. The van der Waals surface area contributed by atoms with E-state index in [0.717, 1.165) is 12.8 Å². The van der Waals surface area contributed by atoms with Gasteiger partial charge in [-0.3, -0.25) is 0 Å². The summed E-state index contributed by atoms with van der Waals surface area (Å²) >= 11 is 5.83. The van der Waals surface area contributed by atoms with E-state index in [2.05, 4.69) is 39.3 Å². The molecule has 0 aliphatic rings. The van der Waals surface area contributed by atoms with Gasteiger partial charge in [0, 0.05) is 12.3 Å². The summed E-state index contributed by atoms with van der Waals surface area (Å²) in [6.07, 6.45) is 1.70. The van der Waals surface area contributed by atoms with Crippen LogP contribution in [0.1, 0.15) is 12.8 Å². The van der Waals surface area contributed by atoms with Gasteiger partial charge in [-0.1, -0.05) is 0 Å². The van der Waals surface area contributed by atoms with Gasteiger partial charge in [0.1, 0.15) is 10.5 Å². The van der Waals surface area contributed by atoms with Crippen molar-refractivity contribution in [1.82, 2.24) is 0 Å². The third-order valence-electron chi connectivity index (χ3n) is 2.04. The third kappa shape index (κ3) is 8.84. The normalized spacial score (nSPS) is 14.2. The zero-order chi connectivity index (χ0) is 14.4. The highest BCUT2D eigenvalue weighted by atomic mass is 35.5. The van der Waals surface area contributed by atoms with Gasteiger partial charge in [-0.15, -0.1) is 11.6 Å². The summed E-state index contributed by atoms with van der Waals surface area (Å²) in [4.78, 5) is 0. The van der Waals surface area contributed by atoms with Gasteiger partial charge in [0.2, 0.25) is 0 Å². The van der Waals surface area contributed by atoms with E-state index in [-0.39, 0.29) is 0 Å². The summed E-state index contributed by atoms with van der Waals surface area (Å²) in [6, 6.07) is 0. The van der Waals surface area contributed by atoms with Crippen LogP contribution in [0.2, 0.25) is 39.3 Å². The molecule has 18 heavy (non-hydrogen) atoms. The molecule has 0 aliphatic heterocycles. The van der Waals surface area contributed by atoms with Crippen molar-refractivity contribution in [1.29, 1.82) is 0 Å². The number of alkyl halides is 1. The van der Waals surface area contributed by atoms with Crippen LogP contribution in [0.5, 0.6) is 0 Å². The van der Waals surface area contributed by atoms with Gasteiger partial charge in [0.25, 0.3) is 0 Å². The minimum atomic E-state index is -1.69. The van der Waals surface area contributed by atoms with E-state index in [1.165, 1.54) is 0 Å². The van der Waals surface area contributed by atoms with Crippen LogP contribution in [0, 0.1) is 0 Å². The maximum absolute atomic E-state index is 6.33. The van der Waals surface area contributed by atoms with Crippen LogP contribution in [0.15, 0.2) is 0 Å². The van der Waals surface area contributed by atoms with Gasteiger partial charge in [0.05, 0.1) is 6.61 Å². The first-order valence-electron chi connectivity index (χ1n) is 6.49. The maximum Gasteiger partial charge on any atom is 0.187 e. The lowest BCUT2D eigenvalue weighted by Crippen LogP contribution is -2.53. The predicted octanol–water partition coefficient (Wildman–Crippen LogP) is 2.70. The number of hydrogen-bond acceptors (Lipinski definition) is 3. The van der Waals surface area contributed by atoms with Crippen LogP contribution in [0.25, 0.3) is 0 Å². The largest absolute Gasteiger partial charge is 0.423 e. The van der Waals surface area contributed by atoms with Crippen molar-refractivity contribution >= 4 is 38.7 Å². The Morgan fingerprint density at radius 1 is 1.00 bits per heavy atom. The van der Waals surface area contributed by atoms with E-state index in [9.17, 15) is 0 Å². The molecule has 0 saturated heterocycles. The molecule has 0 N–H and O–H groups in total. The average molecular weight is 329 g/mol. The molecule has 0 aromatic heterocycles. The third-order valence-corrected chi connectivity index (χ3v) is 4.56. The Morgan fingerprint density at radius 2 is 1.44 bits per heavy atom. The monoisotopic (exact) mass is 328 g/mol. The highest BCUT2D eigenvalue weighted by Gasteiger charge is 2.40. The van der Waals surface area contributed by atoms with Gasteiger partial charge in [-0.25, -0.2) is 0 Å². The van der Waals surface area contributed by atoms with Crippen LogP contribution in [0.4, 0.5) is 0 Å². The number of rotatable bonds is 9. The number of halogens is 1.